The van der Waals surface area contributed by atoms with Crippen LogP contribution in [0.5, 0.6) is 0 Å². The summed E-state index contributed by atoms with van der Waals surface area (Å²) >= 11 is 0. The SMILES string of the molecule is CCCC1NC(C)(CC)C(=O)N1CC1CCCCC1. The summed E-state index contributed by atoms with van der Waals surface area (Å²) in [7, 11) is 0. The van der Waals surface area contributed by atoms with Gasteiger partial charge in [-0.05, 0) is 38.5 Å². The molecule has 1 amide bonds. The zero-order chi connectivity index (χ0) is 13.9. The van der Waals surface area contributed by atoms with E-state index in [-0.39, 0.29) is 11.7 Å². The minimum absolute atomic E-state index is 0.268. The summed E-state index contributed by atoms with van der Waals surface area (Å²) in [5.41, 5.74) is -0.325. The van der Waals surface area contributed by atoms with Gasteiger partial charge >= 0.3 is 0 Å². The average molecular weight is 266 g/mol. The van der Waals surface area contributed by atoms with Crippen molar-refractivity contribution in [1.29, 1.82) is 0 Å². The molecule has 3 nitrogen and oxygen atoms in total. The summed E-state index contributed by atoms with van der Waals surface area (Å²) < 4.78 is 0. The number of hydrogen-bond donors (Lipinski definition) is 1. The first kappa shape index (κ1) is 14.8. The van der Waals surface area contributed by atoms with Crippen molar-refractivity contribution in [3.63, 3.8) is 0 Å². The normalized spacial score (nSPS) is 33.1. The van der Waals surface area contributed by atoms with Gasteiger partial charge in [-0.25, -0.2) is 0 Å². The highest BCUT2D eigenvalue weighted by Crippen LogP contribution is 2.30. The van der Waals surface area contributed by atoms with Crippen molar-refractivity contribution in [3.05, 3.63) is 0 Å². The molecule has 1 N–H and O–H groups in total. The number of nitrogens with zero attached hydrogens (tertiary/aromatic N) is 1. The van der Waals surface area contributed by atoms with Crippen LogP contribution in [0.15, 0.2) is 0 Å². The van der Waals surface area contributed by atoms with E-state index in [9.17, 15) is 4.79 Å². The third kappa shape index (κ3) is 3.13. The maximum Gasteiger partial charge on any atom is 0.243 e. The molecule has 0 bridgehead atoms. The van der Waals surface area contributed by atoms with Gasteiger partial charge in [0.15, 0.2) is 0 Å². The van der Waals surface area contributed by atoms with Crippen LogP contribution >= 0.6 is 0 Å². The Morgan fingerprint density at radius 3 is 2.53 bits per heavy atom. The quantitative estimate of drug-likeness (QED) is 0.828. The van der Waals surface area contributed by atoms with Gasteiger partial charge in [0, 0.05) is 6.54 Å². The predicted molar refractivity (Wildman–Crippen MR) is 78.8 cm³/mol. The summed E-state index contributed by atoms with van der Waals surface area (Å²) in [5.74, 6) is 1.07. The number of hydrogen-bond acceptors (Lipinski definition) is 2. The van der Waals surface area contributed by atoms with Gasteiger partial charge in [0.25, 0.3) is 0 Å². The summed E-state index contributed by atoms with van der Waals surface area (Å²) in [6.07, 6.45) is 10.1. The van der Waals surface area contributed by atoms with E-state index in [2.05, 4.69) is 31.0 Å². The Kier molecular flexibility index (Phi) is 4.88. The lowest BCUT2D eigenvalue weighted by molar-refractivity contribution is -0.133. The molecular weight excluding hydrogens is 236 g/mol. The Bertz CT molecular complexity index is 312. The van der Waals surface area contributed by atoms with E-state index in [4.69, 9.17) is 0 Å². The molecule has 2 aliphatic rings. The lowest BCUT2D eigenvalue weighted by Gasteiger charge is -2.30. The van der Waals surface area contributed by atoms with Crippen LogP contribution in [0.2, 0.25) is 0 Å². The smallest absolute Gasteiger partial charge is 0.243 e. The van der Waals surface area contributed by atoms with Crippen molar-refractivity contribution in [2.45, 2.75) is 83.8 Å². The lowest BCUT2D eigenvalue weighted by Crippen LogP contribution is -2.43. The number of amides is 1. The van der Waals surface area contributed by atoms with Gasteiger partial charge in [-0.2, -0.15) is 0 Å². The van der Waals surface area contributed by atoms with Crippen LogP contribution < -0.4 is 5.32 Å². The van der Waals surface area contributed by atoms with E-state index >= 15 is 0 Å². The molecular formula is C16H30N2O. The van der Waals surface area contributed by atoms with Gasteiger partial charge in [0.05, 0.1) is 11.7 Å². The monoisotopic (exact) mass is 266 g/mol. The summed E-state index contributed by atoms with van der Waals surface area (Å²) in [6.45, 7) is 7.36. The fourth-order valence-electron chi connectivity index (χ4n) is 3.58. The second-order valence-corrected chi connectivity index (χ2v) is 6.60. The summed E-state index contributed by atoms with van der Waals surface area (Å²) in [4.78, 5) is 14.8. The molecule has 2 fully saturated rings. The van der Waals surface area contributed by atoms with Crippen molar-refractivity contribution in [3.8, 4) is 0 Å². The van der Waals surface area contributed by atoms with Gasteiger partial charge in [-0.3, -0.25) is 10.1 Å². The fourth-order valence-corrected chi connectivity index (χ4v) is 3.58. The van der Waals surface area contributed by atoms with Gasteiger partial charge in [0.1, 0.15) is 0 Å². The average Bonchev–Trinajstić information content (AvgIpc) is 2.66. The van der Waals surface area contributed by atoms with Crippen molar-refractivity contribution in [2.75, 3.05) is 6.54 Å². The third-order valence-corrected chi connectivity index (χ3v) is 5.04. The lowest BCUT2D eigenvalue weighted by atomic mass is 9.88. The molecule has 1 saturated carbocycles. The Hall–Kier alpha value is -0.570. The Balaban J connectivity index is 2.04. The van der Waals surface area contributed by atoms with E-state index in [1.807, 2.05) is 0 Å². The van der Waals surface area contributed by atoms with E-state index in [0.29, 0.717) is 5.91 Å². The highest BCUT2D eigenvalue weighted by Gasteiger charge is 2.46. The van der Waals surface area contributed by atoms with Crippen molar-refractivity contribution >= 4 is 5.91 Å². The molecule has 0 radical (unpaired) electrons. The van der Waals surface area contributed by atoms with Gasteiger partial charge in [-0.15, -0.1) is 0 Å². The highest BCUT2D eigenvalue weighted by molar-refractivity contribution is 5.88. The predicted octanol–water partition coefficient (Wildman–Crippen LogP) is 3.29. The Morgan fingerprint density at radius 2 is 1.95 bits per heavy atom. The fraction of sp³-hybridized carbons (Fsp3) is 0.938. The van der Waals surface area contributed by atoms with Crippen LogP contribution in [0, 0.1) is 5.92 Å². The van der Waals surface area contributed by atoms with Crippen LogP contribution in [0.3, 0.4) is 0 Å². The Labute approximate surface area is 118 Å². The molecule has 1 heterocycles. The first-order valence-corrected chi connectivity index (χ1v) is 8.19. The largest absolute Gasteiger partial charge is 0.325 e. The zero-order valence-corrected chi connectivity index (χ0v) is 12.9. The van der Waals surface area contributed by atoms with Gasteiger partial charge in [-0.1, -0.05) is 39.5 Å². The van der Waals surface area contributed by atoms with Crippen LogP contribution in [0.25, 0.3) is 0 Å². The zero-order valence-electron chi connectivity index (χ0n) is 12.9. The third-order valence-electron chi connectivity index (χ3n) is 5.04. The van der Waals surface area contributed by atoms with Crippen LogP contribution in [0.1, 0.15) is 72.1 Å². The molecule has 2 rings (SSSR count). The number of carbonyl (C=O) groups excluding carboxylic acids is 1. The molecule has 0 aromatic carbocycles. The maximum atomic E-state index is 12.7. The summed E-state index contributed by atoms with van der Waals surface area (Å²) in [5, 5.41) is 3.58. The van der Waals surface area contributed by atoms with Crippen molar-refractivity contribution in [1.82, 2.24) is 10.2 Å². The second kappa shape index (κ2) is 6.25. The van der Waals surface area contributed by atoms with Crippen molar-refractivity contribution < 1.29 is 4.79 Å². The standard InChI is InChI=1S/C16H30N2O/c1-4-9-14-17-16(3,5-2)15(19)18(14)12-13-10-7-6-8-11-13/h13-14,17H,4-12H2,1-3H3. The molecule has 19 heavy (non-hydrogen) atoms. The van der Waals surface area contributed by atoms with Crippen LogP contribution in [0.4, 0.5) is 0 Å². The molecule has 1 aliphatic carbocycles. The molecule has 0 aromatic rings. The summed E-state index contributed by atoms with van der Waals surface area (Å²) in [6, 6.07) is 0. The molecule has 1 aliphatic heterocycles. The molecule has 0 spiro atoms. The molecule has 3 heteroatoms. The van der Waals surface area contributed by atoms with Crippen LogP contribution in [-0.4, -0.2) is 29.1 Å². The molecule has 2 atom stereocenters. The van der Waals surface area contributed by atoms with E-state index in [0.717, 1.165) is 31.7 Å². The number of carbonyl (C=O) groups is 1. The van der Waals surface area contributed by atoms with E-state index in [1.54, 1.807) is 0 Å². The van der Waals surface area contributed by atoms with Gasteiger partial charge < -0.3 is 4.90 Å². The second-order valence-electron chi connectivity index (χ2n) is 6.60. The highest BCUT2D eigenvalue weighted by atomic mass is 16.2. The topological polar surface area (TPSA) is 32.3 Å². The molecule has 110 valence electrons. The van der Waals surface area contributed by atoms with E-state index < -0.39 is 0 Å². The van der Waals surface area contributed by atoms with Crippen molar-refractivity contribution in [2.24, 2.45) is 5.92 Å². The first-order valence-electron chi connectivity index (χ1n) is 8.19. The molecule has 2 unspecified atom stereocenters. The minimum atomic E-state index is -0.325. The van der Waals surface area contributed by atoms with Gasteiger partial charge in [0.2, 0.25) is 5.91 Å². The minimum Gasteiger partial charge on any atom is -0.325 e. The number of rotatable bonds is 5. The number of nitrogens with one attached hydrogen (secondary N) is 1. The van der Waals surface area contributed by atoms with E-state index in [1.165, 1.54) is 32.1 Å². The Morgan fingerprint density at radius 1 is 1.26 bits per heavy atom. The molecule has 1 saturated heterocycles. The maximum absolute atomic E-state index is 12.7. The first-order chi connectivity index (χ1) is 9.10. The molecule has 0 aromatic heterocycles. The van der Waals surface area contributed by atoms with Crippen LogP contribution in [-0.2, 0) is 4.79 Å².